The summed E-state index contributed by atoms with van der Waals surface area (Å²) in [5.74, 6) is -0.263. The second-order valence-corrected chi connectivity index (χ2v) is 4.12. The van der Waals surface area contributed by atoms with Gasteiger partial charge in [-0.2, -0.15) is 0 Å². The molecular formula is C12H18FN3O. The number of carbonyl (C=O) groups is 1. The number of halogens is 1. The van der Waals surface area contributed by atoms with Gasteiger partial charge in [0.2, 0.25) is 5.91 Å². The summed E-state index contributed by atoms with van der Waals surface area (Å²) in [4.78, 5) is 16.9. The first kappa shape index (κ1) is 13.6. The third kappa shape index (κ3) is 4.48. The molecule has 1 amide bonds. The first-order chi connectivity index (χ1) is 8.00. The molecule has 1 unspecified atom stereocenters. The summed E-state index contributed by atoms with van der Waals surface area (Å²) >= 11 is 0. The zero-order valence-electron chi connectivity index (χ0n) is 10.4. The van der Waals surface area contributed by atoms with Crippen molar-refractivity contribution in [1.82, 2.24) is 15.2 Å². The van der Waals surface area contributed by atoms with Gasteiger partial charge in [-0.15, -0.1) is 0 Å². The fourth-order valence-electron chi connectivity index (χ4n) is 1.37. The van der Waals surface area contributed by atoms with Crippen molar-refractivity contribution < 1.29 is 9.18 Å². The number of amides is 1. The number of pyridine rings is 1. The summed E-state index contributed by atoms with van der Waals surface area (Å²) in [6.45, 7) is 2.51. The van der Waals surface area contributed by atoms with Gasteiger partial charge in [0.1, 0.15) is 5.82 Å². The molecule has 0 fully saturated rings. The lowest BCUT2D eigenvalue weighted by molar-refractivity contribution is -0.128. The number of hydrogen-bond acceptors (Lipinski definition) is 3. The van der Waals surface area contributed by atoms with Crippen molar-refractivity contribution in [2.75, 3.05) is 20.6 Å². The molecule has 4 nitrogen and oxygen atoms in total. The van der Waals surface area contributed by atoms with Crippen LogP contribution in [0.25, 0.3) is 0 Å². The van der Waals surface area contributed by atoms with E-state index in [4.69, 9.17) is 0 Å². The quantitative estimate of drug-likeness (QED) is 0.843. The molecule has 94 valence electrons. The number of hydrogen-bond donors (Lipinski definition) is 1. The van der Waals surface area contributed by atoms with E-state index in [-0.39, 0.29) is 17.8 Å². The summed E-state index contributed by atoms with van der Waals surface area (Å²) in [6, 6.07) is 3.03. The maximum absolute atomic E-state index is 12.7. The van der Waals surface area contributed by atoms with Crippen molar-refractivity contribution in [2.24, 2.45) is 0 Å². The molecular weight excluding hydrogens is 221 g/mol. The normalized spacial score (nSPS) is 12.2. The highest BCUT2D eigenvalue weighted by Gasteiger charge is 2.08. The van der Waals surface area contributed by atoms with Crippen molar-refractivity contribution in [3.63, 3.8) is 0 Å². The number of nitrogens with zero attached hydrogens (tertiary/aromatic N) is 2. The number of rotatable bonds is 5. The first-order valence-electron chi connectivity index (χ1n) is 5.55. The molecule has 1 atom stereocenters. The zero-order chi connectivity index (χ0) is 12.8. The van der Waals surface area contributed by atoms with Gasteiger partial charge in [-0.25, -0.2) is 4.39 Å². The SMILES string of the molecule is CC(NCCC(=O)N(C)C)c1ccc(F)cn1. The van der Waals surface area contributed by atoms with E-state index in [1.807, 2.05) is 6.92 Å². The molecule has 0 bridgehead atoms. The second kappa shape index (κ2) is 6.30. The van der Waals surface area contributed by atoms with E-state index in [1.54, 1.807) is 25.1 Å². The highest BCUT2D eigenvalue weighted by molar-refractivity contribution is 5.75. The van der Waals surface area contributed by atoms with Gasteiger partial charge in [-0.1, -0.05) is 0 Å². The van der Waals surface area contributed by atoms with Gasteiger partial charge in [0.05, 0.1) is 11.9 Å². The van der Waals surface area contributed by atoms with Crippen LogP contribution in [0.4, 0.5) is 4.39 Å². The Morgan fingerprint density at radius 3 is 2.76 bits per heavy atom. The van der Waals surface area contributed by atoms with Crippen molar-refractivity contribution >= 4 is 5.91 Å². The molecule has 0 saturated carbocycles. The molecule has 0 aliphatic carbocycles. The van der Waals surface area contributed by atoms with Crippen LogP contribution >= 0.6 is 0 Å². The highest BCUT2D eigenvalue weighted by Crippen LogP contribution is 2.09. The van der Waals surface area contributed by atoms with Gasteiger partial charge in [-0.05, 0) is 19.1 Å². The van der Waals surface area contributed by atoms with E-state index in [0.717, 1.165) is 5.69 Å². The van der Waals surface area contributed by atoms with Crippen LogP contribution in [-0.2, 0) is 4.79 Å². The van der Waals surface area contributed by atoms with Crippen LogP contribution in [0.1, 0.15) is 25.1 Å². The molecule has 0 aliphatic heterocycles. The van der Waals surface area contributed by atoms with Crippen molar-refractivity contribution in [3.05, 3.63) is 29.8 Å². The molecule has 1 aromatic heterocycles. The molecule has 5 heteroatoms. The maximum atomic E-state index is 12.7. The van der Waals surface area contributed by atoms with Crippen molar-refractivity contribution in [1.29, 1.82) is 0 Å². The van der Waals surface area contributed by atoms with Gasteiger partial charge in [0.25, 0.3) is 0 Å². The lowest BCUT2D eigenvalue weighted by Crippen LogP contribution is -2.28. The van der Waals surface area contributed by atoms with E-state index in [2.05, 4.69) is 10.3 Å². The summed E-state index contributed by atoms with van der Waals surface area (Å²) in [6.07, 6.45) is 1.64. The summed E-state index contributed by atoms with van der Waals surface area (Å²) in [5, 5.41) is 3.17. The molecule has 0 saturated heterocycles. The maximum Gasteiger partial charge on any atom is 0.223 e. The first-order valence-corrected chi connectivity index (χ1v) is 5.55. The minimum atomic E-state index is -0.344. The zero-order valence-corrected chi connectivity index (χ0v) is 10.4. The molecule has 0 aliphatic rings. The third-order valence-corrected chi connectivity index (χ3v) is 2.48. The lowest BCUT2D eigenvalue weighted by Gasteiger charge is -2.14. The summed E-state index contributed by atoms with van der Waals surface area (Å²) < 4.78 is 12.7. The number of nitrogens with one attached hydrogen (secondary N) is 1. The second-order valence-electron chi connectivity index (χ2n) is 4.12. The molecule has 1 rings (SSSR count). The molecule has 0 aromatic carbocycles. The van der Waals surface area contributed by atoms with Crippen LogP contribution in [0.3, 0.4) is 0 Å². The molecule has 17 heavy (non-hydrogen) atoms. The fraction of sp³-hybridized carbons (Fsp3) is 0.500. The highest BCUT2D eigenvalue weighted by atomic mass is 19.1. The predicted octanol–water partition coefficient (Wildman–Crippen LogP) is 1.35. The van der Waals surface area contributed by atoms with Crippen LogP contribution < -0.4 is 5.32 Å². The average molecular weight is 239 g/mol. The molecule has 0 radical (unpaired) electrons. The minimum absolute atomic E-state index is 0.00515. The minimum Gasteiger partial charge on any atom is -0.349 e. The Bertz CT molecular complexity index is 365. The predicted molar refractivity (Wildman–Crippen MR) is 63.9 cm³/mol. The third-order valence-electron chi connectivity index (χ3n) is 2.48. The smallest absolute Gasteiger partial charge is 0.223 e. The Morgan fingerprint density at radius 1 is 1.53 bits per heavy atom. The topological polar surface area (TPSA) is 45.2 Å². The van der Waals surface area contributed by atoms with Crippen LogP contribution in [0.15, 0.2) is 18.3 Å². The van der Waals surface area contributed by atoms with Gasteiger partial charge in [-0.3, -0.25) is 9.78 Å². The van der Waals surface area contributed by atoms with Gasteiger partial charge < -0.3 is 10.2 Å². The molecule has 0 spiro atoms. The van der Waals surface area contributed by atoms with Gasteiger partial charge >= 0.3 is 0 Å². The van der Waals surface area contributed by atoms with Crippen LogP contribution in [0.2, 0.25) is 0 Å². The number of carbonyl (C=O) groups excluding carboxylic acids is 1. The van der Waals surface area contributed by atoms with Gasteiger partial charge in [0, 0.05) is 33.1 Å². The largest absolute Gasteiger partial charge is 0.349 e. The Kier molecular flexibility index (Phi) is 5.03. The van der Waals surface area contributed by atoms with E-state index in [1.165, 1.54) is 12.3 Å². The summed E-state index contributed by atoms with van der Waals surface area (Å²) in [7, 11) is 3.46. The molecule has 1 aromatic rings. The standard InChI is InChI=1S/C12H18FN3O/c1-9(11-5-4-10(13)8-15-11)14-7-6-12(17)16(2)3/h4-5,8-9,14H,6-7H2,1-3H3. The Hall–Kier alpha value is -1.49. The van der Waals surface area contributed by atoms with Crippen molar-refractivity contribution in [3.8, 4) is 0 Å². The van der Waals surface area contributed by atoms with Crippen molar-refractivity contribution in [2.45, 2.75) is 19.4 Å². The lowest BCUT2D eigenvalue weighted by atomic mass is 10.2. The monoisotopic (exact) mass is 239 g/mol. The van der Waals surface area contributed by atoms with Gasteiger partial charge in [0.15, 0.2) is 0 Å². The fourth-order valence-corrected chi connectivity index (χ4v) is 1.37. The van der Waals surface area contributed by atoms with Crippen LogP contribution in [0, 0.1) is 5.82 Å². The van der Waals surface area contributed by atoms with E-state index >= 15 is 0 Å². The van der Waals surface area contributed by atoms with Crippen LogP contribution in [0.5, 0.6) is 0 Å². The average Bonchev–Trinajstić information content (AvgIpc) is 2.29. The van der Waals surface area contributed by atoms with E-state index in [0.29, 0.717) is 13.0 Å². The Labute approximate surface area is 101 Å². The van der Waals surface area contributed by atoms with E-state index < -0.39 is 0 Å². The molecule has 1 N–H and O–H groups in total. The van der Waals surface area contributed by atoms with E-state index in [9.17, 15) is 9.18 Å². The Morgan fingerprint density at radius 2 is 2.24 bits per heavy atom. The number of aromatic nitrogens is 1. The van der Waals surface area contributed by atoms with Crippen LogP contribution in [-0.4, -0.2) is 36.4 Å². The summed E-state index contributed by atoms with van der Waals surface area (Å²) in [5.41, 5.74) is 0.767. The Balaban J connectivity index is 2.37. The molecule has 1 heterocycles.